The number of aryl methyl sites for hydroxylation is 1. The zero-order valence-electron chi connectivity index (χ0n) is 20.3. The summed E-state index contributed by atoms with van der Waals surface area (Å²) in [6.07, 6.45) is 2.67. The molecule has 1 atom stereocenters. The van der Waals surface area contributed by atoms with E-state index in [1.165, 1.54) is 5.56 Å². The van der Waals surface area contributed by atoms with Crippen molar-refractivity contribution >= 4 is 28.5 Å². The van der Waals surface area contributed by atoms with Crippen LogP contribution >= 0.6 is 11.6 Å². The normalized spacial score (nSPS) is 12.0. The monoisotopic (exact) mass is 489 g/mol. The van der Waals surface area contributed by atoms with Gasteiger partial charge in [-0.3, -0.25) is 4.79 Å². The van der Waals surface area contributed by atoms with Gasteiger partial charge >= 0.3 is 0 Å². The first kappa shape index (κ1) is 24.8. The van der Waals surface area contributed by atoms with Gasteiger partial charge in [0, 0.05) is 23.6 Å². The van der Waals surface area contributed by atoms with Crippen molar-refractivity contribution in [2.24, 2.45) is 0 Å². The zero-order valence-corrected chi connectivity index (χ0v) is 21.1. The molecule has 4 aromatic rings. The largest absolute Gasteiger partial charge is 0.492 e. The minimum absolute atomic E-state index is 0.117. The number of nitrogens with one attached hydrogen (secondary N) is 1. The Labute approximate surface area is 212 Å². The van der Waals surface area contributed by atoms with E-state index in [0.29, 0.717) is 36.2 Å². The van der Waals surface area contributed by atoms with E-state index in [1.54, 1.807) is 24.3 Å². The second-order valence-electron chi connectivity index (χ2n) is 8.76. The number of carbonyl (C=O) groups is 1. The number of imidazole rings is 1. The molecular weight excluding hydrogens is 458 g/mol. The average molecular weight is 490 g/mol. The molecule has 0 radical (unpaired) electrons. The molecule has 182 valence electrons. The smallest absolute Gasteiger partial charge is 0.251 e. The van der Waals surface area contributed by atoms with E-state index in [4.69, 9.17) is 21.3 Å². The Kier molecular flexibility index (Phi) is 8.43. The summed E-state index contributed by atoms with van der Waals surface area (Å²) >= 11 is 5.99. The minimum atomic E-state index is -0.117. The molecule has 3 aromatic carbocycles. The predicted octanol–water partition coefficient (Wildman–Crippen LogP) is 6.64. The minimum Gasteiger partial charge on any atom is -0.492 e. The number of carbonyl (C=O) groups excluding carboxylic acids is 1. The number of nitrogens with zero attached hydrogens (tertiary/aromatic N) is 2. The van der Waals surface area contributed by atoms with Crippen molar-refractivity contribution in [1.82, 2.24) is 14.9 Å². The van der Waals surface area contributed by atoms with Crippen LogP contribution in [0.25, 0.3) is 11.0 Å². The molecule has 0 aliphatic heterocycles. The van der Waals surface area contributed by atoms with Gasteiger partial charge < -0.3 is 14.6 Å². The Bertz CT molecular complexity index is 1270. The first-order valence-corrected chi connectivity index (χ1v) is 12.6. The highest BCUT2D eigenvalue weighted by atomic mass is 35.5. The predicted molar refractivity (Wildman–Crippen MR) is 142 cm³/mol. The average Bonchev–Trinajstić information content (AvgIpc) is 3.23. The van der Waals surface area contributed by atoms with Gasteiger partial charge in [-0.15, -0.1) is 0 Å². The van der Waals surface area contributed by atoms with E-state index in [2.05, 4.69) is 54.1 Å². The fourth-order valence-electron chi connectivity index (χ4n) is 4.13. The van der Waals surface area contributed by atoms with Crippen LogP contribution in [0, 0.1) is 0 Å². The lowest BCUT2D eigenvalue weighted by Gasteiger charge is -2.13. The molecule has 5 nitrogen and oxygen atoms in total. The molecule has 1 N–H and O–H groups in total. The summed E-state index contributed by atoms with van der Waals surface area (Å²) in [4.78, 5) is 17.2. The number of amides is 1. The molecule has 0 aliphatic rings. The zero-order chi connectivity index (χ0) is 24.6. The Morgan fingerprint density at radius 1 is 1.09 bits per heavy atom. The van der Waals surface area contributed by atoms with Crippen LogP contribution < -0.4 is 10.1 Å². The molecule has 1 aromatic heterocycles. The van der Waals surface area contributed by atoms with Crippen LogP contribution in [0.2, 0.25) is 5.02 Å². The van der Waals surface area contributed by atoms with Gasteiger partial charge in [0.25, 0.3) is 5.91 Å². The third kappa shape index (κ3) is 6.43. The Hall–Kier alpha value is -3.31. The Morgan fingerprint density at radius 3 is 2.66 bits per heavy atom. The highest BCUT2D eigenvalue weighted by molar-refractivity contribution is 6.30. The third-order valence-electron chi connectivity index (χ3n) is 6.33. The van der Waals surface area contributed by atoms with Crippen LogP contribution in [0.3, 0.4) is 0 Å². The van der Waals surface area contributed by atoms with Crippen LogP contribution in [0.15, 0.2) is 72.8 Å². The van der Waals surface area contributed by atoms with Crippen molar-refractivity contribution < 1.29 is 9.53 Å². The fourth-order valence-corrected chi connectivity index (χ4v) is 4.32. The third-order valence-corrected chi connectivity index (χ3v) is 6.56. The SMILES string of the molecule is CCC(C)c1ccc(OCCn2c(CCCNC(=O)c3cccc(Cl)c3)nc3ccccc32)cc1. The van der Waals surface area contributed by atoms with E-state index >= 15 is 0 Å². The molecule has 6 heteroatoms. The van der Waals surface area contributed by atoms with Gasteiger partial charge in [0.2, 0.25) is 0 Å². The molecule has 0 saturated heterocycles. The van der Waals surface area contributed by atoms with Crippen LogP contribution in [-0.4, -0.2) is 28.6 Å². The maximum absolute atomic E-state index is 12.4. The van der Waals surface area contributed by atoms with Crippen molar-refractivity contribution in [3.05, 3.63) is 94.8 Å². The maximum atomic E-state index is 12.4. The number of para-hydroxylation sites is 2. The summed E-state index contributed by atoms with van der Waals surface area (Å²) in [5.41, 5.74) is 3.98. The molecule has 1 amide bonds. The summed E-state index contributed by atoms with van der Waals surface area (Å²) in [6, 6.07) is 23.5. The van der Waals surface area contributed by atoms with Crippen molar-refractivity contribution in [3.63, 3.8) is 0 Å². The van der Waals surface area contributed by atoms with Gasteiger partial charge in [-0.25, -0.2) is 4.98 Å². The number of hydrogen-bond acceptors (Lipinski definition) is 3. The van der Waals surface area contributed by atoms with Crippen molar-refractivity contribution in [1.29, 1.82) is 0 Å². The molecule has 4 rings (SSSR count). The first-order chi connectivity index (χ1) is 17.0. The molecule has 0 aliphatic carbocycles. The van der Waals surface area contributed by atoms with Gasteiger partial charge in [0.05, 0.1) is 17.6 Å². The summed E-state index contributed by atoms with van der Waals surface area (Å²) in [5, 5.41) is 3.53. The lowest BCUT2D eigenvalue weighted by atomic mass is 9.99. The van der Waals surface area contributed by atoms with Crippen molar-refractivity contribution in [2.45, 2.75) is 45.6 Å². The topological polar surface area (TPSA) is 56.1 Å². The number of halogens is 1. The highest BCUT2D eigenvalue weighted by Crippen LogP contribution is 2.22. The van der Waals surface area contributed by atoms with E-state index < -0.39 is 0 Å². The molecule has 0 bridgehead atoms. The highest BCUT2D eigenvalue weighted by Gasteiger charge is 2.11. The summed E-state index contributed by atoms with van der Waals surface area (Å²) in [5.74, 6) is 2.32. The van der Waals surface area contributed by atoms with Crippen LogP contribution in [-0.2, 0) is 13.0 Å². The number of benzene rings is 3. The Balaban J connectivity index is 1.35. The van der Waals surface area contributed by atoms with Crippen LogP contribution in [0.5, 0.6) is 5.75 Å². The summed E-state index contributed by atoms with van der Waals surface area (Å²) in [6.45, 7) is 6.27. The number of rotatable bonds is 11. The van der Waals surface area contributed by atoms with Crippen molar-refractivity contribution in [2.75, 3.05) is 13.2 Å². The maximum Gasteiger partial charge on any atom is 0.251 e. The lowest BCUT2D eigenvalue weighted by Crippen LogP contribution is -2.25. The molecule has 0 saturated carbocycles. The van der Waals surface area contributed by atoms with Gasteiger partial charge in [0.1, 0.15) is 18.2 Å². The Morgan fingerprint density at radius 2 is 1.89 bits per heavy atom. The van der Waals surface area contributed by atoms with Crippen LogP contribution in [0.4, 0.5) is 0 Å². The van der Waals surface area contributed by atoms with Gasteiger partial charge in [-0.2, -0.15) is 0 Å². The van der Waals surface area contributed by atoms with Gasteiger partial charge in [0.15, 0.2) is 0 Å². The van der Waals surface area contributed by atoms with Gasteiger partial charge in [-0.05, 0) is 66.8 Å². The van der Waals surface area contributed by atoms with E-state index in [-0.39, 0.29) is 5.91 Å². The molecule has 1 unspecified atom stereocenters. The molecule has 35 heavy (non-hydrogen) atoms. The second-order valence-corrected chi connectivity index (χ2v) is 9.20. The number of ether oxygens (including phenoxy) is 1. The van der Waals surface area contributed by atoms with Gasteiger partial charge in [-0.1, -0.05) is 55.8 Å². The summed E-state index contributed by atoms with van der Waals surface area (Å²) in [7, 11) is 0. The molecular formula is C29H32ClN3O2. The fraction of sp³-hybridized carbons (Fsp3) is 0.310. The lowest BCUT2D eigenvalue weighted by molar-refractivity contribution is 0.0953. The van der Waals surface area contributed by atoms with E-state index in [9.17, 15) is 4.79 Å². The quantitative estimate of drug-likeness (QED) is 0.240. The molecule has 0 fully saturated rings. The molecule has 1 heterocycles. The number of aromatic nitrogens is 2. The standard InChI is InChI=1S/C29H32ClN3O2/c1-3-21(2)22-13-15-25(16-14-22)35-19-18-33-27-11-5-4-10-26(27)32-28(33)12-7-17-31-29(34)23-8-6-9-24(30)20-23/h4-6,8-11,13-16,20-21H,3,7,12,17-19H2,1-2H3,(H,31,34). The van der Waals surface area contributed by atoms with Crippen molar-refractivity contribution in [3.8, 4) is 5.75 Å². The van der Waals surface area contributed by atoms with E-state index in [0.717, 1.165) is 41.9 Å². The van der Waals surface area contributed by atoms with E-state index in [1.807, 2.05) is 18.2 Å². The van der Waals surface area contributed by atoms with Crippen LogP contribution in [0.1, 0.15) is 54.4 Å². The molecule has 0 spiro atoms. The number of hydrogen-bond donors (Lipinski definition) is 1. The first-order valence-electron chi connectivity index (χ1n) is 12.3. The number of fused-ring (bicyclic) bond motifs is 1. The second kappa shape index (κ2) is 11.9. The summed E-state index contributed by atoms with van der Waals surface area (Å²) < 4.78 is 8.27.